The molecular formula is C15H27N3O. The number of hydrogen-bond donors (Lipinski definition) is 1. The quantitative estimate of drug-likeness (QED) is 0.734. The first-order chi connectivity index (χ1) is 9.42. The number of nitrogens with one attached hydrogen (secondary N) is 1. The van der Waals surface area contributed by atoms with Crippen molar-refractivity contribution in [1.82, 2.24) is 14.9 Å². The fourth-order valence-corrected chi connectivity index (χ4v) is 2.65. The minimum atomic E-state index is 0.636. The van der Waals surface area contributed by atoms with Crippen molar-refractivity contribution in [1.29, 1.82) is 0 Å². The minimum Gasteiger partial charge on any atom is -0.381 e. The first-order valence-electron chi connectivity index (χ1n) is 7.70. The summed E-state index contributed by atoms with van der Waals surface area (Å²) in [6.07, 6.45) is 10.0. The monoisotopic (exact) mass is 265 g/mol. The van der Waals surface area contributed by atoms with Gasteiger partial charge in [-0.25, -0.2) is 4.98 Å². The van der Waals surface area contributed by atoms with Gasteiger partial charge in [-0.15, -0.1) is 0 Å². The highest BCUT2D eigenvalue weighted by molar-refractivity contribution is 5.08. The van der Waals surface area contributed by atoms with Gasteiger partial charge in [0, 0.05) is 44.1 Å². The van der Waals surface area contributed by atoms with E-state index in [1.54, 1.807) is 0 Å². The van der Waals surface area contributed by atoms with Gasteiger partial charge in [0.25, 0.3) is 0 Å². The molecule has 0 radical (unpaired) electrons. The van der Waals surface area contributed by atoms with E-state index in [-0.39, 0.29) is 0 Å². The summed E-state index contributed by atoms with van der Waals surface area (Å²) in [5.74, 6) is 0.636. The van der Waals surface area contributed by atoms with Gasteiger partial charge in [0.1, 0.15) is 0 Å². The molecule has 0 spiro atoms. The normalized spacial score (nSPS) is 19.7. The van der Waals surface area contributed by atoms with Crippen LogP contribution >= 0.6 is 0 Å². The average molecular weight is 265 g/mol. The topological polar surface area (TPSA) is 39.1 Å². The Balaban J connectivity index is 1.73. The number of piperidine rings is 1. The summed E-state index contributed by atoms with van der Waals surface area (Å²) >= 11 is 0. The summed E-state index contributed by atoms with van der Waals surface area (Å²) in [5.41, 5.74) is 1.39. The Morgan fingerprint density at radius 3 is 3.11 bits per heavy atom. The van der Waals surface area contributed by atoms with E-state index in [0.717, 1.165) is 39.3 Å². The number of unbranched alkanes of at least 4 members (excludes halogenated alkanes) is 1. The Morgan fingerprint density at radius 2 is 2.32 bits per heavy atom. The molecule has 1 aliphatic heterocycles. The van der Waals surface area contributed by atoms with Crippen molar-refractivity contribution in [3.63, 3.8) is 0 Å². The Morgan fingerprint density at radius 1 is 1.42 bits per heavy atom. The Labute approximate surface area is 116 Å². The number of ether oxygens (including phenoxy) is 1. The lowest BCUT2D eigenvalue weighted by Gasteiger charge is -2.23. The molecule has 1 saturated heterocycles. The Hall–Kier alpha value is -0.870. The smallest absolute Gasteiger partial charge is 0.0948 e. The molecule has 0 aliphatic carbocycles. The van der Waals surface area contributed by atoms with Gasteiger partial charge < -0.3 is 14.6 Å². The van der Waals surface area contributed by atoms with Gasteiger partial charge >= 0.3 is 0 Å². The number of aryl methyl sites for hydroxylation is 1. The van der Waals surface area contributed by atoms with E-state index in [1.165, 1.54) is 31.4 Å². The highest BCUT2D eigenvalue weighted by atomic mass is 16.5. The first-order valence-corrected chi connectivity index (χ1v) is 7.70. The molecule has 2 heterocycles. The highest BCUT2D eigenvalue weighted by Gasteiger charge is 2.18. The van der Waals surface area contributed by atoms with Crippen LogP contribution in [0.15, 0.2) is 12.5 Å². The number of imidazole rings is 1. The fraction of sp³-hybridized carbons (Fsp3) is 0.800. The van der Waals surface area contributed by atoms with E-state index in [1.807, 2.05) is 12.5 Å². The first kappa shape index (κ1) is 14.5. The van der Waals surface area contributed by atoms with Gasteiger partial charge in [-0.05, 0) is 32.2 Å². The predicted molar refractivity (Wildman–Crippen MR) is 77.4 cm³/mol. The summed E-state index contributed by atoms with van der Waals surface area (Å²) in [4.78, 5) is 4.32. The largest absolute Gasteiger partial charge is 0.381 e. The van der Waals surface area contributed by atoms with Crippen LogP contribution in [0.5, 0.6) is 0 Å². The second-order valence-corrected chi connectivity index (χ2v) is 5.37. The predicted octanol–water partition coefficient (Wildman–Crippen LogP) is 2.56. The number of aromatic nitrogens is 2. The number of hydrogen-bond acceptors (Lipinski definition) is 3. The van der Waals surface area contributed by atoms with Crippen molar-refractivity contribution in [3.05, 3.63) is 18.2 Å². The summed E-state index contributed by atoms with van der Waals surface area (Å²) < 4.78 is 7.92. The third kappa shape index (κ3) is 4.62. The molecular weight excluding hydrogens is 238 g/mol. The van der Waals surface area contributed by atoms with Crippen LogP contribution in [0.4, 0.5) is 0 Å². The van der Waals surface area contributed by atoms with Gasteiger partial charge in [0.15, 0.2) is 0 Å². The minimum absolute atomic E-state index is 0.636. The van der Waals surface area contributed by atoms with E-state index in [9.17, 15) is 0 Å². The van der Waals surface area contributed by atoms with E-state index in [0.29, 0.717) is 5.92 Å². The molecule has 1 unspecified atom stereocenters. The third-order valence-electron chi connectivity index (χ3n) is 3.79. The molecule has 1 N–H and O–H groups in total. The zero-order valence-electron chi connectivity index (χ0n) is 12.1. The maximum absolute atomic E-state index is 5.61. The molecule has 0 aromatic carbocycles. The van der Waals surface area contributed by atoms with Gasteiger partial charge in [0.05, 0.1) is 6.33 Å². The second-order valence-electron chi connectivity index (χ2n) is 5.37. The van der Waals surface area contributed by atoms with Crippen molar-refractivity contribution in [2.45, 2.75) is 51.5 Å². The molecule has 0 saturated carbocycles. The van der Waals surface area contributed by atoms with Gasteiger partial charge in [0.2, 0.25) is 0 Å². The molecule has 4 nitrogen and oxygen atoms in total. The van der Waals surface area contributed by atoms with Gasteiger partial charge in [-0.3, -0.25) is 0 Å². The Bertz CT molecular complexity index is 345. The highest BCUT2D eigenvalue weighted by Crippen LogP contribution is 2.22. The zero-order valence-corrected chi connectivity index (χ0v) is 12.1. The van der Waals surface area contributed by atoms with Crippen LogP contribution in [-0.2, 0) is 11.3 Å². The maximum Gasteiger partial charge on any atom is 0.0948 e. The summed E-state index contributed by atoms with van der Waals surface area (Å²) in [6, 6.07) is 0. The molecule has 0 amide bonds. The van der Waals surface area contributed by atoms with Crippen molar-refractivity contribution in [3.8, 4) is 0 Å². The van der Waals surface area contributed by atoms with Crippen LogP contribution in [0.25, 0.3) is 0 Å². The van der Waals surface area contributed by atoms with E-state index in [4.69, 9.17) is 4.74 Å². The molecule has 19 heavy (non-hydrogen) atoms. The van der Waals surface area contributed by atoms with Gasteiger partial charge in [-0.2, -0.15) is 0 Å². The summed E-state index contributed by atoms with van der Waals surface area (Å²) in [7, 11) is 0. The van der Waals surface area contributed by atoms with Crippen molar-refractivity contribution in [2.24, 2.45) is 0 Å². The van der Waals surface area contributed by atoms with Crippen LogP contribution in [0.1, 0.15) is 50.6 Å². The van der Waals surface area contributed by atoms with Crippen LogP contribution in [-0.4, -0.2) is 35.9 Å². The molecule has 1 aliphatic rings. The van der Waals surface area contributed by atoms with Crippen LogP contribution < -0.4 is 5.32 Å². The summed E-state index contributed by atoms with van der Waals surface area (Å²) in [5, 5.41) is 3.47. The molecule has 1 aromatic heterocycles. The zero-order chi connectivity index (χ0) is 13.3. The number of rotatable bonds is 8. The molecule has 4 heteroatoms. The second kappa shape index (κ2) is 8.33. The van der Waals surface area contributed by atoms with Gasteiger partial charge in [-0.1, -0.05) is 13.3 Å². The lowest BCUT2D eigenvalue weighted by atomic mass is 9.96. The van der Waals surface area contributed by atoms with Crippen molar-refractivity contribution >= 4 is 0 Å². The molecule has 0 bridgehead atoms. The van der Waals surface area contributed by atoms with E-state index < -0.39 is 0 Å². The fourth-order valence-electron chi connectivity index (χ4n) is 2.65. The van der Waals surface area contributed by atoms with Crippen molar-refractivity contribution < 1.29 is 4.74 Å². The SMILES string of the molecule is CCCCOCCCn1cncc1C1CCCNC1. The number of nitrogens with zero attached hydrogens (tertiary/aromatic N) is 2. The lowest BCUT2D eigenvalue weighted by Crippen LogP contribution is -2.29. The van der Waals surface area contributed by atoms with Crippen molar-refractivity contribution in [2.75, 3.05) is 26.3 Å². The maximum atomic E-state index is 5.61. The third-order valence-corrected chi connectivity index (χ3v) is 3.79. The van der Waals surface area contributed by atoms with Crippen LogP contribution in [0.2, 0.25) is 0 Å². The molecule has 108 valence electrons. The average Bonchev–Trinajstić information content (AvgIpc) is 2.92. The van der Waals surface area contributed by atoms with Crippen LogP contribution in [0, 0.1) is 0 Å². The molecule has 1 atom stereocenters. The van der Waals surface area contributed by atoms with E-state index >= 15 is 0 Å². The standard InChI is InChI=1S/C15H27N3O/c1-2-3-9-19-10-5-8-18-13-17-12-15(18)14-6-4-7-16-11-14/h12-14,16H,2-11H2,1H3. The molecule has 1 fully saturated rings. The molecule has 1 aromatic rings. The Kier molecular flexibility index (Phi) is 6.37. The summed E-state index contributed by atoms with van der Waals surface area (Å²) in [6.45, 7) is 7.24. The lowest BCUT2D eigenvalue weighted by molar-refractivity contribution is 0.125. The molecule has 2 rings (SSSR count). The van der Waals surface area contributed by atoms with Crippen LogP contribution in [0.3, 0.4) is 0 Å². The van der Waals surface area contributed by atoms with E-state index in [2.05, 4.69) is 21.8 Å².